The van der Waals surface area contributed by atoms with Gasteiger partial charge in [-0.3, -0.25) is 4.79 Å². The van der Waals surface area contributed by atoms with Gasteiger partial charge < -0.3 is 9.80 Å². The Morgan fingerprint density at radius 1 is 1.06 bits per heavy atom. The molecular weight excluding hydrogens is 424 g/mol. The quantitative estimate of drug-likeness (QED) is 0.545. The number of benzene rings is 1. The lowest BCUT2D eigenvalue weighted by molar-refractivity contribution is -0.130. The molecule has 0 radical (unpaired) electrons. The molecule has 1 atom stereocenters. The summed E-state index contributed by atoms with van der Waals surface area (Å²) in [5.41, 5.74) is 2.72. The van der Waals surface area contributed by atoms with Gasteiger partial charge in [0.05, 0.1) is 16.8 Å². The number of carbonyl (C=O) groups excluding carboxylic acids is 1. The van der Waals surface area contributed by atoms with Gasteiger partial charge in [-0.15, -0.1) is 11.6 Å². The largest absolute Gasteiger partial charge is 0.354 e. The van der Waals surface area contributed by atoms with Crippen molar-refractivity contribution in [2.75, 3.05) is 31.1 Å². The Kier molecular flexibility index (Phi) is 6.65. The van der Waals surface area contributed by atoms with E-state index >= 15 is 0 Å². The van der Waals surface area contributed by atoms with Crippen LogP contribution in [0, 0.1) is 12.8 Å². The van der Waals surface area contributed by atoms with Gasteiger partial charge in [0.1, 0.15) is 17.0 Å². The average molecular weight is 455 g/mol. The minimum atomic E-state index is -0.503. The molecular formula is C24H31ClN6O. The maximum Gasteiger partial charge on any atom is 0.240 e. The summed E-state index contributed by atoms with van der Waals surface area (Å²) in [6.07, 6.45) is 1.66. The number of nitrogens with zero attached hydrogens (tertiary/aromatic N) is 6. The molecule has 3 heterocycles. The molecule has 0 spiro atoms. The first-order chi connectivity index (χ1) is 15.3. The first-order valence-corrected chi connectivity index (χ1v) is 11.8. The van der Waals surface area contributed by atoms with Crippen molar-refractivity contribution in [3.63, 3.8) is 0 Å². The van der Waals surface area contributed by atoms with Gasteiger partial charge in [0.15, 0.2) is 5.65 Å². The third-order valence-corrected chi connectivity index (χ3v) is 5.96. The number of hydrogen-bond acceptors (Lipinski definition) is 5. The van der Waals surface area contributed by atoms with E-state index in [-0.39, 0.29) is 5.91 Å². The number of halogens is 1. The lowest BCUT2D eigenvalue weighted by atomic mass is 10.1. The molecule has 0 aliphatic carbocycles. The van der Waals surface area contributed by atoms with Gasteiger partial charge in [0.25, 0.3) is 0 Å². The zero-order chi connectivity index (χ0) is 22.8. The topological polar surface area (TPSA) is 67.2 Å². The van der Waals surface area contributed by atoms with E-state index in [9.17, 15) is 4.79 Å². The van der Waals surface area contributed by atoms with Crippen molar-refractivity contribution in [3.8, 4) is 5.69 Å². The molecule has 3 aromatic rings. The Bertz CT molecular complexity index is 1090. The molecule has 4 rings (SSSR count). The van der Waals surface area contributed by atoms with Gasteiger partial charge in [-0.2, -0.15) is 5.10 Å². The summed E-state index contributed by atoms with van der Waals surface area (Å²) < 4.78 is 1.92. The maximum atomic E-state index is 12.4. The Hall–Kier alpha value is -2.67. The van der Waals surface area contributed by atoms with Crippen molar-refractivity contribution in [3.05, 3.63) is 41.9 Å². The van der Waals surface area contributed by atoms with Crippen molar-refractivity contribution < 1.29 is 4.79 Å². The summed E-state index contributed by atoms with van der Waals surface area (Å²) in [5, 5.41) is 5.31. The van der Waals surface area contributed by atoms with Crippen LogP contribution in [-0.2, 0) is 11.2 Å². The Labute approximate surface area is 194 Å². The predicted octanol–water partition coefficient (Wildman–Crippen LogP) is 3.99. The standard InChI is InChI=1S/C24H31ClN6O/c1-16(2)15-20-26-22(29-11-8-12-30(14-13-29)24(32)17(3)25)21-18(4)28-31(23(21)27-20)19-9-6-5-7-10-19/h5-7,9-10,16-17H,8,11-15H2,1-4H3. The Balaban J connectivity index is 1.78. The monoisotopic (exact) mass is 454 g/mol. The normalized spacial score (nSPS) is 15.9. The number of amides is 1. The highest BCUT2D eigenvalue weighted by Gasteiger charge is 2.26. The number of para-hydroxylation sites is 1. The molecule has 32 heavy (non-hydrogen) atoms. The number of hydrogen-bond donors (Lipinski definition) is 0. The van der Waals surface area contributed by atoms with Crippen molar-refractivity contribution in [1.29, 1.82) is 0 Å². The summed E-state index contributed by atoms with van der Waals surface area (Å²) in [7, 11) is 0. The van der Waals surface area contributed by atoms with E-state index in [4.69, 9.17) is 26.7 Å². The average Bonchev–Trinajstić information content (AvgIpc) is 2.94. The van der Waals surface area contributed by atoms with Crippen molar-refractivity contribution in [1.82, 2.24) is 24.6 Å². The van der Waals surface area contributed by atoms with Crippen LogP contribution in [-0.4, -0.2) is 62.1 Å². The van der Waals surface area contributed by atoms with Crippen LogP contribution in [0.15, 0.2) is 30.3 Å². The summed E-state index contributed by atoms with van der Waals surface area (Å²) in [4.78, 5) is 26.5. The zero-order valence-electron chi connectivity index (χ0n) is 19.3. The highest BCUT2D eigenvalue weighted by molar-refractivity contribution is 6.30. The van der Waals surface area contributed by atoms with E-state index in [1.165, 1.54) is 0 Å². The molecule has 1 amide bonds. The first-order valence-electron chi connectivity index (χ1n) is 11.3. The lowest BCUT2D eigenvalue weighted by Crippen LogP contribution is -2.38. The molecule has 0 saturated carbocycles. The molecule has 2 aromatic heterocycles. The van der Waals surface area contributed by atoms with E-state index in [0.29, 0.717) is 25.6 Å². The van der Waals surface area contributed by atoms with E-state index < -0.39 is 5.38 Å². The number of aromatic nitrogens is 4. The lowest BCUT2D eigenvalue weighted by Gasteiger charge is -2.24. The highest BCUT2D eigenvalue weighted by atomic mass is 35.5. The zero-order valence-corrected chi connectivity index (χ0v) is 20.0. The number of alkyl halides is 1. The molecule has 1 fully saturated rings. The molecule has 1 aliphatic rings. The highest BCUT2D eigenvalue weighted by Crippen LogP contribution is 2.30. The maximum absolute atomic E-state index is 12.4. The van der Waals surface area contributed by atoms with Crippen LogP contribution >= 0.6 is 11.6 Å². The van der Waals surface area contributed by atoms with Gasteiger partial charge in [0.2, 0.25) is 5.91 Å². The van der Waals surface area contributed by atoms with Crippen molar-refractivity contribution in [2.45, 2.75) is 45.9 Å². The molecule has 0 bridgehead atoms. The SMILES string of the molecule is Cc1nn(-c2ccccc2)c2nc(CC(C)C)nc(N3CCCN(C(=O)C(C)Cl)CC3)c12. The molecule has 1 unspecified atom stereocenters. The summed E-state index contributed by atoms with van der Waals surface area (Å²) >= 11 is 6.06. The molecule has 8 heteroatoms. The second-order valence-corrected chi connectivity index (χ2v) is 9.53. The fourth-order valence-electron chi connectivity index (χ4n) is 4.24. The van der Waals surface area contributed by atoms with Crippen LogP contribution in [0.2, 0.25) is 0 Å². The molecule has 7 nitrogen and oxygen atoms in total. The minimum Gasteiger partial charge on any atom is -0.354 e. The Morgan fingerprint density at radius 2 is 1.81 bits per heavy atom. The van der Waals surface area contributed by atoms with E-state index in [1.54, 1.807) is 6.92 Å². The number of aryl methyl sites for hydroxylation is 1. The Morgan fingerprint density at radius 3 is 2.50 bits per heavy atom. The van der Waals surface area contributed by atoms with Gasteiger partial charge in [-0.05, 0) is 38.3 Å². The van der Waals surface area contributed by atoms with Gasteiger partial charge >= 0.3 is 0 Å². The molecule has 1 aliphatic heterocycles. The van der Waals surface area contributed by atoms with Crippen LogP contribution in [0.1, 0.15) is 38.7 Å². The minimum absolute atomic E-state index is 0.00470. The van der Waals surface area contributed by atoms with Crippen LogP contribution < -0.4 is 4.90 Å². The van der Waals surface area contributed by atoms with Crippen molar-refractivity contribution >= 4 is 34.4 Å². The second kappa shape index (κ2) is 9.45. The van der Waals surface area contributed by atoms with Crippen molar-refractivity contribution in [2.24, 2.45) is 5.92 Å². The summed E-state index contributed by atoms with van der Waals surface area (Å²) in [6.45, 7) is 11.0. The predicted molar refractivity (Wildman–Crippen MR) is 129 cm³/mol. The number of anilines is 1. The summed E-state index contributed by atoms with van der Waals surface area (Å²) in [6, 6.07) is 10.1. The fraction of sp³-hybridized carbons (Fsp3) is 0.500. The third kappa shape index (κ3) is 4.58. The third-order valence-electron chi connectivity index (χ3n) is 5.77. The second-order valence-electron chi connectivity index (χ2n) is 8.87. The molecule has 1 aromatic carbocycles. The van der Waals surface area contributed by atoms with Gasteiger partial charge in [-0.1, -0.05) is 32.0 Å². The molecule has 170 valence electrons. The number of carbonyl (C=O) groups is 1. The number of fused-ring (bicyclic) bond motifs is 1. The van der Waals surface area contributed by atoms with Crippen LogP contribution in [0.5, 0.6) is 0 Å². The van der Waals surface area contributed by atoms with Crippen LogP contribution in [0.25, 0.3) is 16.7 Å². The fourth-order valence-corrected chi connectivity index (χ4v) is 4.38. The number of rotatable bonds is 5. The molecule has 1 saturated heterocycles. The summed E-state index contributed by atoms with van der Waals surface area (Å²) in [5.74, 6) is 2.18. The van der Waals surface area contributed by atoms with Crippen LogP contribution in [0.3, 0.4) is 0 Å². The van der Waals surface area contributed by atoms with E-state index in [2.05, 4.69) is 18.7 Å². The molecule has 0 N–H and O–H groups in total. The van der Waals surface area contributed by atoms with Gasteiger partial charge in [-0.25, -0.2) is 14.6 Å². The van der Waals surface area contributed by atoms with E-state index in [1.807, 2.05) is 46.8 Å². The van der Waals surface area contributed by atoms with Crippen LogP contribution in [0.4, 0.5) is 5.82 Å². The van der Waals surface area contributed by atoms with Gasteiger partial charge in [0, 0.05) is 32.6 Å². The smallest absolute Gasteiger partial charge is 0.240 e. The first kappa shape index (κ1) is 22.5. The van der Waals surface area contributed by atoms with E-state index in [0.717, 1.165) is 53.4 Å².